The lowest BCUT2D eigenvalue weighted by Crippen LogP contribution is -2.02. The number of nitrogen functional groups attached to an aromatic ring is 1. The Labute approximate surface area is 112 Å². The number of ether oxygens (including phenoxy) is 1. The number of aryl methyl sites for hydroxylation is 1. The van der Waals surface area contributed by atoms with Gasteiger partial charge in [0.25, 0.3) is 0 Å². The quantitative estimate of drug-likeness (QED) is 0.912. The van der Waals surface area contributed by atoms with E-state index in [0.717, 1.165) is 29.0 Å². The standard InChI is InChI=1S/C14H18N4O/c1-4-5-19-12-6-11(7-16-8-12)13-9(2)14(15)18-10(3)17-13/h6-8H,4-5H2,1-3H3,(H2,15,17,18). The van der Waals surface area contributed by atoms with E-state index in [1.54, 1.807) is 12.4 Å². The smallest absolute Gasteiger partial charge is 0.138 e. The molecule has 0 spiro atoms. The van der Waals surface area contributed by atoms with Crippen molar-refractivity contribution in [1.82, 2.24) is 15.0 Å². The molecule has 0 aliphatic rings. The molecule has 100 valence electrons. The normalized spacial score (nSPS) is 10.5. The molecule has 2 N–H and O–H groups in total. The summed E-state index contributed by atoms with van der Waals surface area (Å²) >= 11 is 0. The van der Waals surface area contributed by atoms with Crippen LogP contribution in [0.25, 0.3) is 11.3 Å². The minimum Gasteiger partial charge on any atom is -0.492 e. The monoisotopic (exact) mass is 258 g/mol. The third-order valence-corrected chi connectivity index (χ3v) is 2.75. The lowest BCUT2D eigenvalue weighted by atomic mass is 10.1. The Balaban J connectivity index is 2.41. The van der Waals surface area contributed by atoms with E-state index >= 15 is 0 Å². The largest absolute Gasteiger partial charge is 0.492 e. The van der Waals surface area contributed by atoms with Gasteiger partial charge in [-0.05, 0) is 26.3 Å². The number of anilines is 1. The Hall–Kier alpha value is -2.17. The fourth-order valence-electron chi connectivity index (χ4n) is 1.78. The second kappa shape index (κ2) is 5.65. The van der Waals surface area contributed by atoms with Crippen LogP contribution in [0, 0.1) is 13.8 Å². The van der Waals surface area contributed by atoms with Crippen molar-refractivity contribution >= 4 is 5.82 Å². The van der Waals surface area contributed by atoms with Gasteiger partial charge >= 0.3 is 0 Å². The van der Waals surface area contributed by atoms with Crippen LogP contribution in [0.1, 0.15) is 24.7 Å². The second-order valence-electron chi connectivity index (χ2n) is 4.39. The summed E-state index contributed by atoms with van der Waals surface area (Å²) in [7, 11) is 0. The fourth-order valence-corrected chi connectivity index (χ4v) is 1.78. The first-order valence-electron chi connectivity index (χ1n) is 6.30. The van der Waals surface area contributed by atoms with Gasteiger partial charge in [0.2, 0.25) is 0 Å². The van der Waals surface area contributed by atoms with Crippen molar-refractivity contribution in [2.45, 2.75) is 27.2 Å². The van der Waals surface area contributed by atoms with E-state index in [9.17, 15) is 0 Å². The third kappa shape index (κ3) is 2.99. The molecule has 0 saturated carbocycles. The molecule has 0 amide bonds. The second-order valence-corrected chi connectivity index (χ2v) is 4.39. The van der Waals surface area contributed by atoms with Crippen molar-refractivity contribution in [3.63, 3.8) is 0 Å². The summed E-state index contributed by atoms with van der Waals surface area (Å²) in [4.78, 5) is 12.8. The van der Waals surface area contributed by atoms with Crippen molar-refractivity contribution in [2.75, 3.05) is 12.3 Å². The van der Waals surface area contributed by atoms with E-state index in [4.69, 9.17) is 10.5 Å². The van der Waals surface area contributed by atoms with Crippen LogP contribution >= 0.6 is 0 Å². The Morgan fingerprint density at radius 1 is 1.21 bits per heavy atom. The summed E-state index contributed by atoms with van der Waals surface area (Å²) in [6, 6.07) is 1.93. The molecule has 0 atom stereocenters. The summed E-state index contributed by atoms with van der Waals surface area (Å²) < 4.78 is 5.58. The molecule has 2 rings (SSSR count). The highest BCUT2D eigenvalue weighted by Crippen LogP contribution is 2.26. The van der Waals surface area contributed by atoms with E-state index in [-0.39, 0.29) is 0 Å². The SMILES string of the molecule is CCCOc1cncc(-c2nc(C)nc(N)c2C)c1. The van der Waals surface area contributed by atoms with Crippen LogP contribution in [0.3, 0.4) is 0 Å². The molecule has 0 aromatic carbocycles. The van der Waals surface area contributed by atoms with Crippen molar-refractivity contribution in [3.05, 3.63) is 29.8 Å². The summed E-state index contributed by atoms with van der Waals surface area (Å²) in [5, 5.41) is 0. The van der Waals surface area contributed by atoms with E-state index in [1.165, 1.54) is 0 Å². The van der Waals surface area contributed by atoms with Gasteiger partial charge in [0.15, 0.2) is 0 Å². The van der Waals surface area contributed by atoms with Crippen molar-refractivity contribution in [1.29, 1.82) is 0 Å². The lowest BCUT2D eigenvalue weighted by molar-refractivity contribution is 0.316. The molecule has 5 heteroatoms. The maximum absolute atomic E-state index is 5.87. The highest BCUT2D eigenvalue weighted by molar-refractivity contribution is 5.67. The van der Waals surface area contributed by atoms with Gasteiger partial charge < -0.3 is 10.5 Å². The minimum atomic E-state index is 0.502. The first kappa shape index (κ1) is 13.3. The molecule has 0 unspecified atom stereocenters. The maximum Gasteiger partial charge on any atom is 0.138 e. The van der Waals surface area contributed by atoms with Crippen LogP contribution < -0.4 is 10.5 Å². The number of rotatable bonds is 4. The van der Waals surface area contributed by atoms with E-state index in [2.05, 4.69) is 21.9 Å². The van der Waals surface area contributed by atoms with Gasteiger partial charge in [-0.3, -0.25) is 4.98 Å². The molecule has 0 aliphatic carbocycles. The number of pyridine rings is 1. The van der Waals surface area contributed by atoms with Crippen LogP contribution in [0.15, 0.2) is 18.5 Å². The van der Waals surface area contributed by atoms with Gasteiger partial charge in [-0.1, -0.05) is 6.92 Å². The van der Waals surface area contributed by atoms with Gasteiger partial charge in [0, 0.05) is 17.3 Å². The number of nitrogens with two attached hydrogens (primary N) is 1. The van der Waals surface area contributed by atoms with Gasteiger partial charge in [0.1, 0.15) is 17.4 Å². The number of hydrogen-bond donors (Lipinski definition) is 1. The molecule has 5 nitrogen and oxygen atoms in total. The zero-order chi connectivity index (χ0) is 13.8. The molecular formula is C14H18N4O. The molecule has 2 aromatic rings. The molecule has 0 saturated heterocycles. The fraction of sp³-hybridized carbons (Fsp3) is 0.357. The van der Waals surface area contributed by atoms with Gasteiger partial charge in [0.05, 0.1) is 18.5 Å². The molecule has 2 aromatic heterocycles. The molecule has 2 heterocycles. The number of aromatic nitrogens is 3. The van der Waals surface area contributed by atoms with Crippen LogP contribution in [0.4, 0.5) is 5.82 Å². The summed E-state index contributed by atoms with van der Waals surface area (Å²) in [5.41, 5.74) is 8.43. The molecule has 0 radical (unpaired) electrons. The van der Waals surface area contributed by atoms with Gasteiger partial charge in [-0.15, -0.1) is 0 Å². The zero-order valence-corrected chi connectivity index (χ0v) is 11.5. The maximum atomic E-state index is 5.87. The van der Waals surface area contributed by atoms with Crippen LogP contribution in [-0.2, 0) is 0 Å². The topological polar surface area (TPSA) is 73.9 Å². The number of nitrogens with zero attached hydrogens (tertiary/aromatic N) is 3. The molecule has 0 fully saturated rings. The van der Waals surface area contributed by atoms with E-state index < -0.39 is 0 Å². The average Bonchev–Trinajstić information content (AvgIpc) is 2.41. The van der Waals surface area contributed by atoms with E-state index in [1.807, 2.05) is 19.9 Å². The van der Waals surface area contributed by atoms with Crippen molar-refractivity contribution < 1.29 is 4.74 Å². The van der Waals surface area contributed by atoms with Crippen LogP contribution in [0.5, 0.6) is 5.75 Å². The Kier molecular flexibility index (Phi) is 3.94. The van der Waals surface area contributed by atoms with Crippen LogP contribution in [-0.4, -0.2) is 21.6 Å². The summed E-state index contributed by atoms with van der Waals surface area (Å²) in [5.74, 6) is 1.90. The first-order valence-corrected chi connectivity index (χ1v) is 6.30. The molecular weight excluding hydrogens is 240 g/mol. The predicted molar refractivity (Wildman–Crippen MR) is 74.9 cm³/mol. The molecule has 0 bridgehead atoms. The Morgan fingerprint density at radius 3 is 2.74 bits per heavy atom. The zero-order valence-electron chi connectivity index (χ0n) is 11.5. The Bertz CT molecular complexity index is 584. The summed E-state index contributed by atoms with van der Waals surface area (Å²) in [6.45, 7) is 6.47. The lowest BCUT2D eigenvalue weighted by Gasteiger charge is -2.10. The van der Waals surface area contributed by atoms with Crippen molar-refractivity contribution in [3.8, 4) is 17.0 Å². The van der Waals surface area contributed by atoms with Gasteiger partial charge in [-0.25, -0.2) is 9.97 Å². The highest BCUT2D eigenvalue weighted by Gasteiger charge is 2.10. The Morgan fingerprint density at radius 2 is 2.00 bits per heavy atom. The number of hydrogen-bond acceptors (Lipinski definition) is 5. The predicted octanol–water partition coefficient (Wildman–Crippen LogP) is 2.53. The first-order chi connectivity index (χ1) is 9.11. The van der Waals surface area contributed by atoms with E-state index in [0.29, 0.717) is 18.2 Å². The third-order valence-electron chi connectivity index (χ3n) is 2.75. The highest BCUT2D eigenvalue weighted by atomic mass is 16.5. The van der Waals surface area contributed by atoms with Crippen LogP contribution in [0.2, 0.25) is 0 Å². The minimum absolute atomic E-state index is 0.502. The van der Waals surface area contributed by atoms with Gasteiger partial charge in [-0.2, -0.15) is 0 Å². The molecule has 19 heavy (non-hydrogen) atoms. The van der Waals surface area contributed by atoms with Crippen molar-refractivity contribution in [2.24, 2.45) is 0 Å². The molecule has 0 aliphatic heterocycles. The summed E-state index contributed by atoms with van der Waals surface area (Å²) in [6.07, 6.45) is 4.42. The average molecular weight is 258 g/mol.